The van der Waals surface area contributed by atoms with Gasteiger partial charge in [-0.15, -0.1) is 24.8 Å². The summed E-state index contributed by atoms with van der Waals surface area (Å²) >= 11 is 17.3. The van der Waals surface area contributed by atoms with E-state index in [1.54, 1.807) is 124 Å². The molecule has 0 bridgehead atoms. The number of carbonyl (C=O) groups is 8. The van der Waals surface area contributed by atoms with Crippen molar-refractivity contribution in [1.82, 2.24) is 24.7 Å². The molecule has 4 saturated heterocycles. The van der Waals surface area contributed by atoms with Crippen LogP contribution >= 0.6 is 59.6 Å². The van der Waals surface area contributed by atoms with E-state index in [1.165, 1.54) is 26.8 Å². The predicted octanol–water partition coefficient (Wildman–Crippen LogP) is 11.4. The average Bonchev–Trinajstić information content (AvgIpc) is 1.11. The van der Waals surface area contributed by atoms with Crippen LogP contribution in [0.15, 0.2) is 120 Å². The Morgan fingerprint density at radius 2 is 1.14 bits per heavy atom. The number of rotatable bonds is 16. The molecule has 1 unspecified atom stereocenters. The second-order valence-corrected chi connectivity index (χ2v) is 31.6. The van der Waals surface area contributed by atoms with Crippen molar-refractivity contribution in [3.63, 3.8) is 0 Å². The normalized spacial score (nSPS) is 20.0. The van der Waals surface area contributed by atoms with Gasteiger partial charge in [-0.05, 0) is 224 Å². The number of carboxylic acids is 3. The van der Waals surface area contributed by atoms with Crippen molar-refractivity contribution >= 4 is 148 Å². The third kappa shape index (κ3) is 32.4. The number of hydrogen-bond donors (Lipinski definition) is 8. The number of carboxylic acid groups (broad SMARTS) is 3. The fourth-order valence-corrected chi connectivity index (χ4v) is 13.0. The quantitative estimate of drug-likeness (QED) is 0.0114. The molecule has 6 amide bonds. The number of carbonyl (C=O) groups excluding carboxylic acids is 6. The van der Waals surface area contributed by atoms with Crippen LogP contribution in [0, 0.1) is 46.7 Å². The molecule has 5 aromatic rings. The molecule has 5 aromatic carbocycles. The van der Waals surface area contributed by atoms with Gasteiger partial charge in [0.05, 0.1) is 44.3 Å². The van der Waals surface area contributed by atoms with Crippen molar-refractivity contribution < 1.29 is 112 Å². The number of urea groups is 2. The second-order valence-electron chi connectivity index (χ2n) is 28.3. The Kier molecular flexibility index (Phi) is 43.0. The number of nitrogens with zero attached hydrogens (tertiary/aromatic N) is 5. The molecular formula is C75H97Cl5FN10NaO16S. The topological polar surface area (TPSA) is 379 Å². The minimum atomic E-state index is -1.54. The third-order valence-corrected chi connectivity index (χ3v) is 19.5. The van der Waals surface area contributed by atoms with Gasteiger partial charge in [-0.25, -0.2) is 42.1 Å². The van der Waals surface area contributed by atoms with Crippen LogP contribution in [0.25, 0.3) is 0 Å². The van der Waals surface area contributed by atoms with Gasteiger partial charge in [-0.2, -0.15) is 10.3 Å². The van der Waals surface area contributed by atoms with Crippen LogP contribution in [-0.4, -0.2) is 149 Å². The van der Waals surface area contributed by atoms with E-state index in [2.05, 4.69) is 48.9 Å². The first-order chi connectivity index (χ1) is 49.4. The zero-order valence-electron chi connectivity index (χ0n) is 61.8. The molecular weight excluding hydrogens is 1550 g/mol. The molecule has 0 aromatic heterocycles. The Morgan fingerprint density at radius 3 is 1.55 bits per heavy atom. The number of nitriles is 1. The van der Waals surface area contributed by atoms with Gasteiger partial charge in [0.15, 0.2) is 0 Å². The number of halogens is 6. The molecule has 1 saturated carbocycles. The van der Waals surface area contributed by atoms with Gasteiger partial charge in [0.1, 0.15) is 35.6 Å². The van der Waals surface area contributed by atoms with Crippen molar-refractivity contribution in [1.29, 1.82) is 5.26 Å². The summed E-state index contributed by atoms with van der Waals surface area (Å²) in [6, 6.07) is 30.5. The van der Waals surface area contributed by atoms with Gasteiger partial charge in [-0.3, -0.25) is 19.3 Å². The van der Waals surface area contributed by atoms with Gasteiger partial charge in [0.2, 0.25) is 12.0 Å². The summed E-state index contributed by atoms with van der Waals surface area (Å²) in [4.78, 5) is 112. The fourth-order valence-electron chi connectivity index (χ4n) is 11.7. The molecule has 0 spiro atoms. The Balaban J connectivity index is 0.000000783. The number of amides is 6. The van der Waals surface area contributed by atoms with E-state index < -0.39 is 86.8 Å². The summed E-state index contributed by atoms with van der Waals surface area (Å²) in [6.07, 6.45) is 6.68. The molecule has 4 aliphatic heterocycles. The molecule has 4 heterocycles. The van der Waals surface area contributed by atoms with E-state index >= 15 is 4.39 Å². The van der Waals surface area contributed by atoms with Crippen LogP contribution in [0.3, 0.4) is 0 Å². The van der Waals surface area contributed by atoms with Crippen LogP contribution in [0.5, 0.6) is 0 Å². The van der Waals surface area contributed by atoms with E-state index in [0.717, 1.165) is 37.8 Å². The maximum atomic E-state index is 15.5. The van der Waals surface area contributed by atoms with Crippen molar-refractivity contribution in [2.24, 2.45) is 34.6 Å². The molecule has 5 aliphatic rings. The Labute approximate surface area is 687 Å². The summed E-state index contributed by atoms with van der Waals surface area (Å²) in [5, 5.41) is 57.7. The number of anilines is 3. The maximum absolute atomic E-state index is 15.5. The molecule has 10 atom stereocenters. The summed E-state index contributed by atoms with van der Waals surface area (Å²) in [7, 11) is -1.54. The van der Waals surface area contributed by atoms with Gasteiger partial charge in [0.25, 0.3) is 6.47 Å². The first-order valence-electron chi connectivity index (χ1n) is 33.9. The third-order valence-electron chi connectivity index (χ3n) is 17.1. The minimum Gasteiger partial charge on any atom is -0.662 e. The molecule has 5 fully saturated rings. The molecule has 8 N–H and O–H groups in total. The SMILES string of the molecule is C.C[C@@H]1CN[C@H](C(=O)O)C1.C[C@H]1C[C@@H](C(=O)Nc2cc(C(CCC3CC3)(N[S@](=O)C(C)(C)C)c3cccc(C#N)c3)ccc2F)N(C(=O)Nc2ccc(Cl)cc2)C1.C[C@H]1C[C@@H](C(=O)O)N(C(=O)Nc2ccc(Cl)cc2)C1.C[C@H]1C[C@@H](C(=O)O)N(C(=O)OC(C)(C)C)C1.Cl.Cl.O=C=Nc1ccc(Cl)cc1.O=CO[O-].[Na+]. The van der Waals surface area contributed by atoms with Crippen molar-refractivity contribution in [3.8, 4) is 6.07 Å². The van der Waals surface area contributed by atoms with Crippen molar-refractivity contribution in [2.45, 2.75) is 168 Å². The first-order valence-corrected chi connectivity index (χ1v) is 36.1. The molecule has 34 heteroatoms. The molecule has 10 rings (SSSR count). The standard InChI is InChI=1S/C36H41ClFN5O3S.C13H15ClN2O3.C11H19NO4.C7H4ClNO.C6H11NO2.CH2O3.CH4.2ClH.Na/c1-23-18-32(43(22-23)34(45)40-29-13-11-28(37)12-14-29)33(44)41-31-20-27(10-15-30(31)38)36(17-16-24-8-9-24,42-47(46)35(2,3)4)26-7-5-6-25(19-26)21-39;1-8-6-11(12(17)18)16(7-8)13(19)15-10-4-2-9(14)3-5-10;1-7-5-8(9(13)14)12(6-7)10(15)16-11(2,3)4;8-6-1-3-7(4-2-6)9-5-10;1-4-2-5(6(8)9)7-3-4;2-1-4-3;;;;/h5-7,10-15,19-20,23-24,32,42H,8-9,16-18,22H2,1-4H3,(H,40,45)(H,41,44);2-5,8,11H,6-7H2,1H3,(H,15,19)(H,17,18);7-8H,5-6H2,1-4H3,(H,13,14);1-4H;4-5,7H,2-3H2,1H3,(H,8,9);1,3H;1H4;2*1H;/q;;;;;;;;;+1/p-1/t23-,32-,36?,47+;8-,11-;7-,8-;;4-,5-;;;;;/m000.0...../s1. The van der Waals surface area contributed by atoms with Crippen LogP contribution < -0.4 is 60.8 Å². The van der Waals surface area contributed by atoms with Gasteiger partial charge in [-0.1, -0.05) is 101 Å². The van der Waals surface area contributed by atoms with Crippen LogP contribution in [-0.2, 0) is 54.9 Å². The first kappa shape index (κ1) is 99.5. The fraction of sp³-hybridized carbons (Fsp3) is 0.467. The molecule has 0 radical (unpaired) electrons. The van der Waals surface area contributed by atoms with E-state index in [-0.39, 0.29) is 104 Å². The number of nitrogens with one attached hydrogen (secondary N) is 5. The number of aliphatic carboxylic acids is 3. The summed E-state index contributed by atoms with van der Waals surface area (Å²) in [5.41, 5.74) is 1.81. The smallest absolute Gasteiger partial charge is 0.662 e. The summed E-state index contributed by atoms with van der Waals surface area (Å²) in [5.74, 6) is -2.28. The number of hydrogen-bond acceptors (Lipinski definition) is 16. The number of isocyanates is 1. The van der Waals surface area contributed by atoms with E-state index in [9.17, 15) is 47.8 Å². The largest absolute Gasteiger partial charge is 1.00 e. The zero-order valence-corrected chi connectivity index (χ0v) is 68.6. The van der Waals surface area contributed by atoms with Crippen LogP contribution in [0.2, 0.25) is 15.1 Å². The maximum Gasteiger partial charge on any atom is 1.00 e. The molecule has 26 nitrogen and oxygen atoms in total. The van der Waals surface area contributed by atoms with Gasteiger partial charge in [0, 0.05) is 46.1 Å². The van der Waals surface area contributed by atoms with Crippen LogP contribution in [0.4, 0.5) is 41.5 Å². The summed E-state index contributed by atoms with van der Waals surface area (Å²) < 4.78 is 37.2. The number of ether oxygens (including phenoxy) is 1. The number of benzene rings is 5. The van der Waals surface area contributed by atoms with E-state index in [4.69, 9.17) is 64.9 Å². The second kappa shape index (κ2) is 47.0. The van der Waals surface area contributed by atoms with Gasteiger partial charge < -0.3 is 61.3 Å². The number of likely N-dealkylation sites (tertiary alicyclic amines) is 3. The van der Waals surface area contributed by atoms with E-state index in [1.807, 2.05) is 47.6 Å². The van der Waals surface area contributed by atoms with Crippen molar-refractivity contribution in [3.05, 3.63) is 153 Å². The van der Waals surface area contributed by atoms with E-state index in [0.29, 0.717) is 100 Å². The predicted molar refractivity (Wildman–Crippen MR) is 416 cm³/mol. The molecule has 109 heavy (non-hydrogen) atoms. The monoisotopic (exact) mass is 1640 g/mol. The number of aliphatic imine (C=N–C) groups is 1. The van der Waals surface area contributed by atoms with Crippen molar-refractivity contribution in [2.75, 3.05) is 42.1 Å². The Morgan fingerprint density at radius 1 is 0.679 bits per heavy atom. The zero-order chi connectivity index (χ0) is 78.1. The van der Waals surface area contributed by atoms with Crippen LogP contribution in [0.1, 0.15) is 145 Å². The Bertz CT molecular complexity index is 3930. The van der Waals surface area contributed by atoms with Gasteiger partial charge >= 0.3 is 65.6 Å². The molecule has 592 valence electrons. The average molecular weight is 1650 g/mol. The minimum absolute atomic E-state index is 0. The summed E-state index contributed by atoms with van der Waals surface area (Å²) in [6.45, 7) is 20.7. The Hall–Kier alpha value is -7.46. The molecule has 1 aliphatic carbocycles.